The molecular formula is C15H24O3. The summed E-state index contributed by atoms with van der Waals surface area (Å²) in [6.45, 7) is 8.05. The normalized spacial score (nSPS) is 10.3. The van der Waals surface area contributed by atoms with Crippen LogP contribution >= 0.6 is 0 Å². The molecule has 0 amide bonds. The lowest BCUT2D eigenvalue weighted by molar-refractivity contribution is 0.0516. The highest BCUT2D eigenvalue weighted by Crippen LogP contribution is 2.11. The highest BCUT2D eigenvalue weighted by atomic mass is 16.5. The number of carbonyl (C=O) groups is 1. The fourth-order valence-corrected chi connectivity index (χ4v) is 1.04. The molecule has 102 valence electrons. The van der Waals surface area contributed by atoms with Crippen molar-refractivity contribution in [3.63, 3.8) is 0 Å². The maximum atomic E-state index is 11.0. The summed E-state index contributed by atoms with van der Waals surface area (Å²) in [5.74, 6) is -0.256. The Morgan fingerprint density at radius 3 is 2.00 bits per heavy atom. The van der Waals surface area contributed by atoms with Crippen LogP contribution in [0.3, 0.4) is 0 Å². The Kier molecular flexibility index (Phi) is 8.05. The number of hydrogen-bond donors (Lipinski definition) is 1. The average Bonchev–Trinajstić information content (AvgIpc) is 2.41. The first kappa shape index (κ1) is 16.6. The SMILES string of the molecule is CCC(C)(O)CC.CCOC(=O)c1ccccc1. The molecule has 0 fully saturated rings. The van der Waals surface area contributed by atoms with Crippen LogP contribution in [0.15, 0.2) is 30.3 Å². The molecule has 0 aliphatic heterocycles. The van der Waals surface area contributed by atoms with Crippen molar-refractivity contribution in [3.05, 3.63) is 35.9 Å². The molecule has 1 N–H and O–H groups in total. The first-order chi connectivity index (χ1) is 8.46. The Hall–Kier alpha value is -1.35. The Morgan fingerprint density at radius 1 is 1.17 bits per heavy atom. The first-order valence-corrected chi connectivity index (χ1v) is 6.41. The highest BCUT2D eigenvalue weighted by Gasteiger charge is 2.12. The fourth-order valence-electron chi connectivity index (χ4n) is 1.04. The number of benzene rings is 1. The second kappa shape index (κ2) is 8.70. The van der Waals surface area contributed by atoms with Gasteiger partial charge in [0.1, 0.15) is 0 Å². The van der Waals surface area contributed by atoms with Crippen LogP contribution < -0.4 is 0 Å². The van der Waals surface area contributed by atoms with Crippen molar-refractivity contribution in [2.75, 3.05) is 6.61 Å². The first-order valence-electron chi connectivity index (χ1n) is 6.41. The van der Waals surface area contributed by atoms with Crippen LogP contribution in [-0.2, 0) is 4.74 Å². The van der Waals surface area contributed by atoms with E-state index in [0.29, 0.717) is 12.2 Å². The zero-order valence-electron chi connectivity index (χ0n) is 11.8. The molecule has 0 radical (unpaired) electrons. The molecule has 0 aliphatic carbocycles. The van der Waals surface area contributed by atoms with Gasteiger partial charge in [0.25, 0.3) is 0 Å². The maximum absolute atomic E-state index is 11.0. The van der Waals surface area contributed by atoms with E-state index in [9.17, 15) is 4.79 Å². The minimum Gasteiger partial charge on any atom is -0.462 e. The van der Waals surface area contributed by atoms with Crippen LogP contribution in [0.2, 0.25) is 0 Å². The van der Waals surface area contributed by atoms with Crippen LogP contribution in [0, 0.1) is 0 Å². The third-order valence-electron chi connectivity index (χ3n) is 2.81. The summed E-state index contributed by atoms with van der Waals surface area (Å²) >= 11 is 0. The lowest BCUT2D eigenvalue weighted by Gasteiger charge is -2.17. The van der Waals surface area contributed by atoms with Gasteiger partial charge in [0.2, 0.25) is 0 Å². The molecule has 3 heteroatoms. The van der Waals surface area contributed by atoms with Crippen molar-refractivity contribution >= 4 is 5.97 Å². The molecule has 18 heavy (non-hydrogen) atoms. The molecule has 0 saturated heterocycles. The van der Waals surface area contributed by atoms with Gasteiger partial charge >= 0.3 is 5.97 Å². The number of hydrogen-bond acceptors (Lipinski definition) is 3. The van der Waals surface area contributed by atoms with Crippen LogP contribution in [0.5, 0.6) is 0 Å². The molecule has 0 saturated carbocycles. The minimum atomic E-state index is -0.417. The smallest absolute Gasteiger partial charge is 0.338 e. The number of rotatable bonds is 4. The quantitative estimate of drug-likeness (QED) is 0.835. The molecule has 1 rings (SSSR count). The van der Waals surface area contributed by atoms with Crippen molar-refractivity contribution in [1.29, 1.82) is 0 Å². The Morgan fingerprint density at radius 2 is 1.67 bits per heavy atom. The summed E-state index contributed by atoms with van der Waals surface area (Å²) < 4.78 is 4.79. The topological polar surface area (TPSA) is 46.5 Å². The van der Waals surface area contributed by atoms with Gasteiger partial charge in [-0.3, -0.25) is 0 Å². The van der Waals surface area contributed by atoms with Crippen molar-refractivity contribution in [2.45, 2.75) is 46.1 Å². The molecule has 0 unspecified atom stereocenters. The fraction of sp³-hybridized carbons (Fsp3) is 0.533. The van der Waals surface area contributed by atoms with E-state index in [1.165, 1.54) is 0 Å². The van der Waals surface area contributed by atoms with Gasteiger partial charge in [-0.1, -0.05) is 32.0 Å². The molecule has 0 atom stereocenters. The van der Waals surface area contributed by atoms with Crippen LogP contribution in [0.25, 0.3) is 0 Å². The predicted molar refractivity (Wildman–Crippen MR) is 73.6 cm³/mol. The molecule has 3 nitrogen and oxygen atoms in total. The van der Waals surface area contributed by atoms with Crippen molar-refractivity contribution in [2.24, 2.45) is 0 Å². The summed E-state index contributed by atoms with van der Waals surface area (Å²) in [7, 11) is 0. The Labute approximate surface area is 110 Å². The third-order valence-corrected chi connectivity index (χ3v) is 2.81. The van der Waals surface area contributed by atoms with Crippen LogP contribution in [-0.4, -0.2) is 23.3 Å². The van der Waals surface area contributed by atoms with Crippen LogP contribution in [0.1, 0.15) is 50.9 Å². The van der Waals surface area contributed by atoms with Gasteiger partial charge in [0.05, 0.1) is 17.8 Å². The largest absolute Gasteiger partial charge is 0.462 e. The zero-order chi connectivity index (χ0) is 14.0. The Balaban J connectivity index is 0.000000360. The van der Waals surface area contributed by atoms with E-state index < -0.39 is 5.60 Å². The standard InChI is InChI=1S/C9H10O2.C6H14O/c1-2-11-9(10)8-6-4-3-5-7-8;1-4-6(3,7)5-2/h3-7H,2H2,1H3;7H,4-5H2,1-3H3. The number of ether oxygens (including phenoxy) is 1. The van der Waals surface area contributed by atoms with E-state index in [-0.39, 0.29) is 5.97 Å². The third kappa shape index (κ3) is 7.07. The molecule has 0 aromatic heterocycles. The Bertz CT molecular complexity index is 325. The molecule has 0 heterocycles. The van der Waals surface area contributed by atoms with Gasteiger partial charge in [0, 0.05) is 0 Å². The summed E-state index contributed by atoms with van der Waals surface area (Å²) in [5.41, 5.74) is 0.189. The molecule has 1 aromatic rings. The van der Waals surface area contributed by atoms with Crippen LogP contribution in [0.4, 0.5) is 0 Å². The molecule has 1 aromatic carbocycles. The second-order valence-corrected chi connectivity index (χ2v) is 4.29. The second-order valence-electron chi connectivity index (χ2n) is 4.29. The van der Waals surface area contributed by atoms with E-state index >= 15 is 0 Å². The summed E-state index contributed by atoms with van der Waals surface area (Å²) in [6.07, 6.45) is 1.70. The number of esters is 1. The highest BCUT2D eigenvalue weighted by molar-refractivity contribution is 5.89. The maximum Gasteiger partial charge on any atom is 0.338 e. The lowest BCUT2D eigenvalue weighted by atomic mass is 10.0. The van der Waals surface area contributed by atoms with Gasteiger partial charge < -0.3 is 9.84 Å². The zero-order valence-corrected chi connectivity index (χ0v) is 11.8. The van der Waals surface area contributed by atoms with Gasteiger partial charge in [0.15, 0.2) is 0 Å². The van der Waals surface area contributed by atoms with Gasteiger partial charge in [-0.25, -0.2) is 4.79 Å². The average molecular weight is 252 g/mol. The monoisotopic (exact) mass is 252 g/mol. The van der Waals surface area contributed by atoms with Gasteiger partial charge in [-0.15, -0.1) is 0 Å². The van der Waals surface area contributed by atoms with Gasteiger partial charge in [-0.05, 0) is 38.8 Å². The lowest BCUT2D eigenvalue weighted by Crippen LogP contribution is -2.20. The summed E-state index contributed by atoms with van der Waals surface area (Å²) in [5, 5.41) is 9.13. The molecule has 0 aliphatic rings. The van der Waals surface area contributed by atoms with Crippen molar-refractivity contribution < 1.29 is 14.6 Å². The van der Waals surface area contributed by atoms with E-state index in [2.05, 4.69) is 0 Å². The van der Waals surface area contributed by atoms with Crippen molar-refractivity contribution in [3.8, 4) is 0 Å². The van der Waals surface area contributed by atoms with Crippen molar-refractivity contribution in [1.82, 2.24) is 0 Å². The molecule has 0 spiro atoms. The molecule has 0 bridgehead atoms. The predicted octanol–water partition coefficient (Wildman–Crippen LogP) is 3.42. The molecular weight excluding hydrogens is 228 g/mol. The van der Waals surface area contributed by atoms with E-state index in [1.54, 1.807) is 19.1 Å². The number of carbonyl (C=O) groups excluding carboxylic acids is 1. The van der Waals surface area contributed by atoms with Gasteiger partial charge in [-0.2, -0.15) is 0 Å². The van der Waals surface area contributed by atoms with E-state index in [4.69, 9.17) is 9.84 Å². The number of aliphatic hydroxyl groups is 1. The van der Waals surface area contributed by atoms with E-state index in [1.807, 2.05) is 39.0 Å². The summed E-state index contributed by atoms with van der Waals surface area (Å²) in [6, 6.07) is 8.96. The summed E-state index contributed by atoms with van der Waals surface area (Å²) in [4.78, 5) is 11.0. The minimum absolute atomic E-state index is 0.256. The van der Waals surface area contributed by atoms with E-state index in [0.717, 1.165) is 12.8 Å².